The highest BCUT2D eigenvalue weighted by molar-refractivity contribution is 5.43. The van der Waals surface area contributed by atoms with Crippen molar-refractivity contribution in [3.05, 3.63) is 47.3 Å². The quantitative estimate of drug-likeness (QED) is 0.931. The summed E-state index contributed by atoms with van der Waals surface area (Å²) in [5.74, 6) is 0. The molecular formula is C13H14F3N3. The van der Waals surface area contributed by atoms with Crippen LogP contribution in [0.2, 0.25) is 0 Å². The molecule has 1 aromatic heterocycles. The molecular weight excluding hydrogens is 255 g/mol. The van der Waals surface area contributed by atoms with E-state index in [1.165, 1.54) is 10.9 Å². The second-order valence-electron chi connectivity index (χ2n) is 4.30. The fourth-order valence-corrected chi connectivity index (χ4v) is 1.83. The minimum absolute atomic E-state index is 0.495. The molecule has 6 heteroatoms. The first kappa shape index (κ1) is 13.6. The molecule has 0 spiro atoms. The third-order valence-electron chi connectivity index (χ3n) is 2.83. The number of hydrogen-bond acceptors (Lipinski definition) is 2. The maximum absolute atomic E-state index is 12.5. The zero-order chi connectivity index (χ0) is 14.0. The molecule has 0 amide bonds. The zero-order valence-electron chi connectivity index (χ0n) is 10.4. The van der Waals surface area contributed by atoms with Crippen molar-refractivity contribution >= 4 is 0 Å². The van der Waals surface area contributed by atoms with Crippen molar-refractivity contribution in [2.24, 2.45) is 5.73 Å². The third kappa shape index (κ3) is 2.96. The smallest absolute Gasteiger partial charge is 0.330 e. The van der Waals surface area contributed by atoms with Gasteiger partial charge in [0.15, 0.2) is 5.69 Å². The Hall–Kier alpha value is -1.82. The van der Waals surface area contributed by atoms with E-state index in [4.69, 9.17) is 5.73 Å². The van der Waals surface area contributed by atoms with Gasteiger partial charge in [0.2, 0.25) is 0 Å². The maximum atomic E-state index is 12.5. The Kier molecular flexibility index (Phi) is 3.61. The summed E-state index contributed by atoms with van der Waals surface area (Å²) in [6.45, 7) is 2.33. The Morgan fingerprint density at radius 2 is 2.00 bits per heavy atom. The van der Waals surface area contributed by atoms with Crippen LogP contribution < -0.4 is 5.73 Å². The van der Waals surface area contributed by atoms with Gasteiger partial charge in [-0.2, -0.15) is 18.3 Å². The lowest BCUT2D eigenvalue weighted by Gasteiger charge is -2.09. The molecule has 2 aromatic rings. The van der Waals surface area contributed by atoms with Crippen LogP contribution in [0.5, 0.6) is 0 Å². The van der Waals surface area contributed by atoms with Crippen molar-refractivity contribution < 1.29 is 13.2 Å². The van der Waals surface area contributed by atoms with E-state index in [0.717, 1.165) is 17.2 Å². The van der Waals surface area contributed by atoms with E-state index in [-0.39, 0.29) is 0 Å². The number of rotatable bonds is 3. The van der Waals surface area contributed by atoms with E-state index in [9.17, 15) is 13.2 Å². The summed E-state index contributed by atoms with van der Waals surface area (Å²) in [5.41, 5.74) is 7.06. The second-order valence-corrected chi connectivity index (χ2v) is 4.30. The molecule has 0 unspecified atom stereocenters. The van der Waals surface area contributed by atoms with E-state index >= 15 is 0 Å². The molecule has 1 aromatic carbocycles. The topological polar surface area (TPSA) is 43.8 Å². The highest BCUT2D eigenvalue weighted by Gasteiger charge is 2.33. The van der Waals surface area contributed by atoms with Crippen LogP contribution in [0.1, 0.15) is 16.8 Å². The number of alkyl halides is 3. The van der Waals surface area contributed by atoms with Gasteiger partial charge in [-0.25, -0.2) is 4.68 Å². The lowest BCUT2D eigenvalue weighted by molar-refractivity contribution is -0.141. The lowest BCUT2D eigenvalue weighted by atomic mass is 10.1. The van der Waals surface area contributed by atoms with E-state index in [1.807, 2.05) is 25.1 Å². The standard InChI is InChI=1S/C13H14F3N3/c1-9-2-3-10(4-6-17)8-11(9)19-7-5-12(18-19)13(14,15)16/h2-3,5,7-8H,4,6,17H2,1H3. The molecule has 19 heavy (non-hydrogen) atoms. The van der Waals surface area contributed by atoms with E-state index in [1.54, 1.807) is 0 Å². The van der Waals surface area contributed by atoms with Gasteiger partial charge < -0.3 is 5.73 Å². The first-order valence-electron chi connectivity index (χ1n) is 5.84. The Morgan fingerprint density at radius 3 is 2.58 bits per heavy atom. The van der Waals surface area contributed by atoms with Gasteiger partial charge in [-0.05, 0) is 43.1 Å². The van der Waals surface area contributed by atoms with E-state index in [2.05, 4.69) is 5.10 Å². The fourth-order valence-electron chi connectivity index (χ4n) is 1.83. The molecule has 0 saturated heterocycles. The summed E-state index contributed by atoms with van der Waals surface area (Å²) < 4.78 is 38.8. The molecule has 1 heterocycles. The molecule has 2 N–H and O–H groups in total. The number of hydrogen-bond donors (Lipinski definition) is 1. The molecule has 3 nitrogen and oxygen atoms in total. The van der Waals surface area contributed by atoms with E-state index < -0.39 is 11.9 Å². The molecule has 0 bridgehead atoms. The Morgan fingerprint density at radius 1 is 1.26 bits per heavy atom. The summed E-state index contributed by atoms with van der Waals surface area (Å²) in [5, 5.41) is 3.57. The molecule has 0 aliphatic rings. The minimum Gasteiger partial charge on any atom is -0.330 e. The van der Waals surface area contributed by atoms with Crippen LogP contribution in [0, 0.1) is 6.92 Å². The Labute approximate surface area is 108 Å². The number of benzene rings is 1. The predicted octanol–water partition coefficient (Wildman–Crippen LogP) is 2.70. The number of aromatic nitrogens is 2. The van der Waals surface area contributed by atoms with Gasteiger partial charge in [0, 0.05) is 6.20 Å². The molecule has 102 valence electrons. The Balaban J connectivity index is 2.41. The average Bonchev–Trinajstić information content (AvgIpc) is 2.81. The van der Waals surface area contributed by atoms with Gasteiger partial charge in [-0.15, -0.1) is 0 Å². The minimum atomic E-state index is -4.42. The van der Waals surface area contributed by atoms with Crippen LogP contribution in [-0.2, 0) is 12.6 Å². The van der Waals surface area contributed by atoms with Crippen molar-refractivity contribution in [3.8, 4) is 5.69 Å². The molecule has 0 fully saturated rings. The maximum Gasteiger partial charge on any atom is 0.435 e. The summed E-state index contributed by atoms with van der Waals surface area (Å²) in [4.78, 5) is 0. The van der Waals surface area contributed by atoms with Gasteiger partial charge in [-0.1, -0.05) is 12.1 Å². The van der Waals surface area contributed by atoms with Crippen LogP contribution in [0.25, 0.3) is 5.69 Å². The normalized spacial score (nSPS) is 11.8. The van der Waals surface area contributed by atoms with Gasteiger partial charge in [0.1, 0.15) is 0 Å². The number of aryl methyl sites for hydroxylation is 1. The number of nitrogens with two attached hydrogens (primary N) is 1. The second kappa shape index (κ2) is 5.05. The van der Waals surface area contributed by atoms with Crippen LogP contribution in [0.15, 0.2) is 30.5 Å². The van der Waals surface area contributed by atoms with Crippen molar-refractivity contribution in [1.82, 2.24) is 9.78 Å². The van der Waals surface area contributed by atoms with Gasteiger partial charge in [-0.3, -0.25) is 0 Å². The largest absolute Gasteiger partial charge is 0.435 e. The highest BCUT2D eigenvalue weighted by Crippen LogP contribution is 2.28. The van der Waals surface area contributed by atoms with Crippen LogP contribution in [0.4, 0.5) is 13.2 Å². The van der Waals surface area contributed by atoms with Crippen molar-refractivity contribution in [2.45, 2.75) is 19.5 Å². The molecule has 0 atom stereocenters. The zero-order valence-corrected chi connectivity index (χ0v) is 10.4. The average molecular weight is 269 g/mol. The molecule has 0 saturated carbocycles. The number of nitrogens with zero attached hydrogens (tertiary/aromatic N) is 2. The third-order valence-corrected chi connectivity index (χ3v) is 2.83. The predicted molar refractivity (Wildman–Crippen MR) is 66.1 cm³/mol. The molecule has 0 aliphatic heterocycles. The van der Waals surface area contributed by atoms with E-state index in [0.29, 0.717) is 18.7 Å². The van der Waals surface area contributed by atoms with Crippen LogP contribution in [0.3, 0.4) is 0 Å². The van der Waals surface area contributed by atoms with Crippen LogP contribution in [-0.4, -0.2) is 16.3 Å². The fraction of sp³-hybridized carbons (Fsp3) is 0.308. The Bertz CT molecular complexity index is 573. The summed E-state index contributed by atoms with van der Waals surface area (Å²) in [7, 11) is 0. The molecule has 0 radical (unpaired) electrons. The number of halogens is 3. The first-order valence-corrected chi connectivity index (χ1v) is 5.84. The van der Waals surface area contributed by atoms with Gasteiger partial charge in [0.05, 0.1) is 5.69 Å². The van der Waals surface area contributed by atoms with Crippen molar-refractivity contribution in [2.75, 3.05) is 6.54 Å². The summed E-state index contributed by atoms with van der Waals surface area (Å²) in [6.07, 6.45) is -2.42. The van der Waals surface area contributed by atoms with Gasteiger partial charge >= 0.3 is 6.18 Å². The summed E-state index contributed by atoms with van der Waals surface area (Å²) in [6, 6.07) is 6.56. The lowest BCUT2D eigenvalue weighted by Crippen LogP contribution is -2.08. The summed E-state index contributed by atoms with van der Waals surface area (Å²) >= 11 is 0. The molecule has 2 rings (SSSR count). The van der Waals surface area contributed by atoms with Crippen LogP contribution >= 0.6 is 0 Å². The van der Waals surface area contributed by atoms with Gasteiger partial charge in [0.25, 0.3) is 0 Å². The highest BCUT2D eigenvalue weighted by atomic mass is 19.4. The molecule has 0 aliphatic carbocycles. The van der Waals surface area contributed by atoms with Crippen molar-refractivity contribution in [3.63, 3.8) is 0 Å². The monoisotopic (exact) mass is 269 g/mol. The SMILES string of the molecule is Cc1ccc(CCN)cc1-n1ccc(C(F)(F)F)n1. The van der Waals surface area contributed by atoms with Crippen molar-refractivity contribution in [1.29, 1.82) is 0 Å². The first-order chi connectivity index (χ1) is 8.91.